The van der Waals surface area contributed by atoms with Gasteiger partial charge in [0.15, 0.2) is 11.9 Å². The Morgan fingerprint density at radius 3 is 2.45 bits per heavy atom. The van der Waals surface area contributed by atoms with Gasteiger partial charge in [-0.15, -0.1) is 0 Å². The van der Waals surface area contributed by atoms with Crippen molar-refractivity contribution < 1.29 is 4.73 Å². The van der Waals surface area contributed by atoms with Gasteiger partial charge in [0.2, 0.25) is 0 Å². The molecule has 0 bridgehead atoms. The zero-order valence-corrected chi connectivity index (χ0v) is 7.16. The van der Waals surface area contributed by atoms with Crippen LogP contribution in [-0.4, -0.2) is 0 Å². The second-order valence-electron chi connectivity index (χ2n) is 3.08. The minimum atomic E-state index is 0.427. The molecule has 0 saturated carbocycles. The lowest BCUT2D eigenvalue weighted by Gasteiger charge is -2.05. The van der Waals surface area contributed by atoms with Gasteiger partial charge >= 0.3 is 0 Å². The van der Waals surface area contributed by atoms with E-state index in [2.05, 4.69) is 13.8 Å². The quantitative estimate of drug-likeness (QED) is 0.443. The van der Waals surface area contributed by atoms with E-state index >= 15 is 0 Å². The van der Waals surface area contributed by atoms with E-state index < -0.39 is 0 Å². The van der Waals surface area contributed by atoms with Crippen molar-refractivity contribution in [2.24, 2.45) is 0 Å². The van der Waals surface area contributed by atoms with E-state index in [1.807, 2.05) is 12.1 Å². The first-order chi connectivity index (χ1) is 5.11. The van der Waals surface area contributed by atoms with Gasteiger partial charge in [0.05, 0.1) is 0 Å². The van der Waals surface area contributed by atoms with Gasteiger partial charge < -0.3 is 5.21 Å². The number of aromatic nitrogens is 1. The van der Waals surface area contributed by atoms with Crippen molar-refractivity contribution in [2.45, 2.75) is 26.7 Å². The molecule has 0 aliphatic rings. The zero-order chi connectivity index (χ0) is 8.43. The predicted octanol–water partition coefficient (Wildman–Crippen LogP) is 1.75. The molecule has 0 radical (unpaired) electrons. The highest BCUT2D eigenvalue weighted by atomic mass is 16.5. The minimum Gasteiger partial charge on any atom is -0.619 e. The summed E-state index contributed by atoms with van der Waals surface area (Å²) in [4.78, 5) is 0. The highest BCUT2D eigenvalue weighted by Crippen LogP contribution is 2.11. The van der Waals surface area contributed by atoms with Crippen LogP contribution in [0.4, 0.5) is 0 Å². The molecule has 1 aromatic heterocycles. The number of hydrogen-bond donors (Lipinski definition) is 0. The van der Waals surface area contributed by atoms with Crippen LogP contribution in [0.15, 0.2) is 18.3 Å². The fraction of sp³-hybridized carbons (Fsp3) is 0.444. The van der Waals surface area contributed by atoms with Crippen molar-refractivity contribution in [1.82, 2.24) is 0 Å². The summed E-state index contributed by atoms with van der Waals surface area (Å²) >= 11 is 0. The van der Waals surface area contributed by atoms with Crippen LogP contribution in [0.5, 0.6) is 0 Å². The second kappa shape index (κ2) is 2.91. The number of nitrogens with zero attached hydrogens (tertiary/aromatic N) is 1. The third-order valence-electron chi connectivity index (χ3n) is 1.80. The van der Waals surface area contributed by atoms with Gasteiger partial charge in [0, 0.05) is 18.6 Å². The van der Waals surface area contributed by atoms with Gasteiger partial charge in [-0.25, -0.2) is 0 Å². The Hall–Kier alpha value is -1.05. The maximum atomic E-state index is 11.1. The molecule has 0 amide bonds. The van der Waals surface area contributed by atoms with Crippen LogP contribution >= 0.6 is 0 Å². The van der Waals surface area contributed by atoms with Crippen LogP contribution in [-0.2, 0) is 0 Å². The molecular weight excluding hydrogens is 138 g/mol. The lowest BCUT2D eigenvalue weighted by molar-refractivity contribution is -0.612. The standard InChI is InChI=1S/C9H13NO/c1-7(2)9-5-4-8(3)10(11)6-9/h4-7H,1-3H3. The molecule has 1 aromatic rings. The molecule has 0 unspecified atom stereocenters. The monoisotopic (exact) mass is 151 g/mol. The molecule has 0 aliphatic heterocycles. The number of aryl methyl sites for hydroxylation is 1. The molecule has 1 rings (SSSR count). The summed E-state index contributed by atoms with van der Waals surface area (Å²) in [5, 5.41) is 11.1. The van der Waals surface area contributed by atoms with Crippen molar-refractivity contribution in [2.75, 3.05) is 0 Å². The van der Waals surface area contributed by atoms with Crippen molar-refractivity contribution >= 4 is 0 Å². The van der Waals surface area contributed by atoms with Crippen molar-refractivity contribution in [3.05, 3.63) is 34.8 Å². The molecule has 2 heteroatoms. The van der Waals surface area contributed by atoms with Gasteiger partial charge in [0.25, 0.3) is 0 Å². The first-order valence-electron chi connectivity index (χ1n) is 3.81. The molecule has 0 aliphatic carbocycles. The average molecular weight is 151 g/mol. The highest BCUT2D eigenvalue weighted by molar-refractivity contribution is 5.12. The molecule has 0 spiro atoms. The Bertz CT molecular complexity index is 256. The Morgan fingerprint density at radius 1 is 1.36 bits per heavy atom. The summed E-state index contributed by atoms with van der Waals surface area (Å²) in [7, 11) is 0. The number of rotatable bonds is 1. The zero-order valence-electron chi connectivity index (χ0n) is 7.16. The van der Waals surface area contributed by atoms with Crippen LogP contribution < -0.4 is 4.73 Å². The second-order valence-corrected chi connectivity index (χ2v) is 3.08. The first kappa shape index (κ1) is 8.05. The maximum Gasteiger partial charge on any atom is 0.189 e. The summed E-state index contributed by atoms with van der Waals surface area (Å²) in [6, 6.07) is 3.84. The fourth-order valence-electron chi connectivity index (χ4n) is 0.912. The largest absolute Gasteiger partial charge is 0.619 e. The lowest BCUT2D eigenvalue weighted by atomic mass is 10.1. The topological polar surface area (TPSA) is 26.9 Å². The van der Waals surface area contributed by atoms with E-state index in [1.54, 1.807) is 13.1 Å². The lowest BCUT2D eigenvalue weighted by Crippen LogP contribution is -2.29. The molecule has 0 fully saturated rings. The van der Waals surface area contributed by atoms with E-state index in [-0.39, 0.29) is 0 Å². The Morgan fingerprint density at radius 2 is 2.00 bits per heavy atom. The molecule has 0 saturated heterocycles. The van der Waals surface area contributed by atoms with Crippen molar-refractivity contribution in [3.63, 3.8) is 0 Å². The van der Waals surface area contributed by atoms with E-state index in [0.717, 1.165) is 16.0 Å². The molecule has 1 heterocycles. The maximum absolute atomic E-state index is 11.1. The van der Waals surface area contributed by atoms with E-state index in [9.17, 15) is 5.21 Å². The van der Waals surface area contributed by atoms with Gasteiger partial charge in [-0.2, -0.15) is 4.73 Å². The molecule has 0 N–H and O–H groups in total. The predicted molar refractivity (Wildman–Crippen MR) is 44.2 cm³/mol. The van der Waals surface area contributed by atoms with E-state index in [0.29, 0.717) is 5.92 Å². The smallest absolute Gasteiger partial charge is 0.189 e. The van der Waals surface area contributed by atoms with Gasteiger partial charge in [-0.1, -0.05) is 13.8 Å². The van der Waals surface area contributed by atoms with E-state index in [4.69, 9.17) is 0 Å². The summed E-state index contributed by atoms with van der Waals surface area (Å²) in [5.74, 6) is 0.427. The normalized spacial score (nSPS) is 10.5. The third kappa shape index (κ3) is 1.70. The number of pyridine rings is 1. The van der Waals surface area contributed by atoms with Crippen LogP contribution in [0.25, 0.3) is 0 Å². The Labute approximate surface area is 67.1 Å². The Kier molecular flexibility index (Phi) is 2.13. The average Bonchev–Trinajstić information content (AvgIpc) is 1.94. The summed E-state index contributed by atoms with van der Waals surface area (Å²) in [5.41, 5.74) is 1.83. The molecule has 2 nitrogen and oxygen atoms in total. The number of hydrogen-bond acceptors (Lipinski definition) is 1. The van der Waals surface area contributed by atoms with Crippen LogP contribution in [0.1, 0.15) is 31.0 Å². The molecule has 0 aromatic carbocycles. The van der Waals surface area contributed by atoms with Crippen LogP contribution in [0.2, 0.25) is 0 Å². The molecule has 60 valence electrons. The SMILES string of the molecule is Cc1ccc(C(C)C)c[n+]1[O-]. The van der Waals surface area contributed by atoms with Crippen molar-refractivity contribution in [1.29, 1.82) is 0 Å². The van der Waals surface area contributed by atoms with E-state index in [1.165, 1.54) is 0 Å². The van der Waals surface area contributed by atoms with Gasteiger partial charge in [-0.05, 0) is 12.0 Å². The highest BCUT2D eigenvalue weighted by Gasteiger charge is 2.04. The third-order valence-corrected chi connectivity index (χ3v) is 1.80. The van der Waals surface area contributed by atoms with Crippen LogP contribution in [0, 0.1) is 12.1 Å². The molecular formula is C9H13NO. The Balaban J connectivity index is 3.05. The summed E-state index contributed by atoms with van der Waals surface area (Å²) < 4.78 is 0.912. The molecule has 0 atom stereocenters. The minimum absolute atomic E-state index is 0.427. The van der Waals surface area contributed by atoms with Gasteiger partial charge in [-0.3, -0.25) is 0 Å². The summed E-state index contributed by atoms with van der Waals surface area (Å²) in [6.45, 7) is 5.95. The van der Waals surface area contributed by atoms with Crippen LogP contribution in [0.3, 0.4) is 0 Å². The van der Waals surface area contributed by atoms with Gasteiger partial charge in [0.1, 0.15) is 0 Å². The summed E-state index contributed by atoms with van der Waals surface area (Å²) in [6.07, 6.45) is 1.64. The molecule has 11 heavy (non-hydrogen) atoms. The fourth-order valence-corrected chi connectivity index (χ4v) is 0.912. The van der Waals surface area contributed by atoms with Crippen molar-refractivity contribution in [3.8, 4) is 0 Å². The first-order valence-corrected chi connectivity index (χ1v) is 3.81.